The second kappa shape index (κ2) is 9.46. The van der Waals surface area contributed by atoms with Crippen molar-refractivity contribution in [1.82, 2.24) is 4.57 Å². The van der Waals surface area contributed by atoms with Gasteiger partial charge in [0.25, 0.3) is 5.56 Å². The molecule has 1 heterocycles. The van der Waals surface area contributed by atoms with E-state index in [-0.39, 0.29) is 5.56 Å². The van der Waals surface area contributed by atoms with Crippen molar-refractivity contribution in [3.8, 4) is 16.8 Å². The molecule has 0 unspecified atom stereocenters. The molecule has 0 N–H and O–H groups in total. The molecule has 0 saturated heterocycles. The van der Waals surface area contributed by atoms with Crippen molar-refractivity contribution in [1.29, 1.82) is 0 Å². The van der Waals surface area contributed by atoms with Crippen LogP contribution in [-0.4, -0.2) is 4.57 Å². The molecule has 41 heavy (non-hydrogen) atoms. The monoisotopic (exact) mass is 525 g/mol. The van der Waals surface area contributed by atoms with E-state index in [1.165, 1.54) is 11.1 Å². The van der Waals surface area contributed by atoms with Gasteiger partial charge in [-0.05, 0) is 69.5 Å². The van der Waals surface area contributed by atoms with Crippen molar-refractivity contribution >= 4 is 48.8 Å². The summed E-state index contributed by atoms with van der Waals surface area (Å²) in [4.78, 5) is 14.6. The lowest BCUT2D eigenvalue weighted by Crippen LogP contribution is -2.20. The Morgan fingerprint density at radius 3 is 1.83 bits per heavy atom. The molecule has 1 aliphatic rings. The maximum Gasteiger partial charge on any atom is 0.263 e. The fourth-order valence-electron chi connectivity index (χ4n) is 6.57. The molecule has 0 aliphatic heterocycles. The van der Waals surface area contributed by atoms with Crippen LogP contribution in [0.5, 0.6) is 0 Å². The van der Waals surface area contributed by atoms with Gasteiger partial charge in [-0.3, -0.25) is 9.36 Å². The van der Waals surface area contributed by atoms with Gasteiger partial charge in [-0.2, -0.15) is 0 Å². The lowest BCUT2D eigenvalue weighted by molar-refractivity contribution is 1.04. The summed E-state index contributed by atoms with van der Waals surface area (Å²) >= 11 is 0. The van der Waals surface area contributed by atoms with Crippen molar-refractivity contribution in [3.63, 3.8) is 0 Å². The number of nitrogens with zero attached hydrogens (tertiary/aromatic N) is 1. The molecule has 8 rings (SSSR count). The van der Waals surface area contributed by atoms with Gasteiger partial charge in [0.15, 0.2) is 0 Å². The molecule has 0 saturated carbocycles. The summed E-state index contributed by atoms with van der Waals surface area (Å²) in [5, 5.41) is 7.24. The van der Waals surface area contributed by atoms with Crippen molar-refractivity contribution in [2.75, 3.05) is 0 Å². The van der Waals surface area contributed by atoms with Crippen molar-refractivity contribution in [2.45, 2.75) is 12.8 Å². The highest BCUT2D eigenvalue weighted by Crippen LogP contribution is 2.41. The van der Waals surface area contributed by atoms with E-state index in [0.29, 0.717) is 0 Å². The van der Waals surface area contributed by atoms with Gasteiger partial charge in [-0.15, -0.1) is 0 Å². The lowest BCUT2D eigenvalue weighted by Gasteiger charge is -2.21. The highest BCUT2D eigenvalue weighted by atomic mass is 16.1. The zero-order chi connectivity index (χ0) is 27.3. The van der Waals surface area contributed by atoms with Gasteiger partial charge < -0.3 is 0 Å². The Bertz CT molecular complexity index is 2210. The predicted octanol–water partition coefficient (Wildman–Crippen LogP) is 9.85. The molecule has 194 valence electrons. The SMILES string of the molecule is O=c1c2ccc(-c3ccccc3)cc2c2ccccc2n1-c1c2ccccc2c(C2=CCCC=C2)c2ccccc12. The second-order valence-electron chi connectivity index (χ2n) is 10.7. The average Bonchev–Trinajstić information content (AvgIpc) is 3.05. The van der Waals surface area contributed by atoms with E-state index in [1.807, 2.05) is 22.8 Å². The van der Waals surface area contributed by atoms with Crippen LogP contribution in [0.1, 0.15) is 18.4 Å². The molecule has 0 spiro atoms. The van der Waals surface area contributed by atoms with E-state index < -0.39 is 0 Å². The average molecular weight is 526 g/mol. The Kier molecular flexibility index (Phi) is 5.46. The van der Waals surface area contributed by atoms with E-state index in [2.05, 4.69) is 121 Å². The molecule has 7 aromatic rings. The zero-order valence-corrected chi connectivity index (χ0v) is 22.5. The molecule has 1 aliphatic carbocycles. The molecule has 0 atom stereocenters. The van der Waals surface area contributed by atoms with Gasteiger partial charge in [-0.25, -0.2) is 0 Å². The maximum atomic E-state index is 14.6. The third-order valence-electron chi connectivity index (χ3n) is 8.41. The highest BCUT2D eigenvalue weighted by molar-refractivity contribution is 6.17. The van der Waals surface area contributed by atoms with Crippen LogP contribution in [0.3, 0.4) is 0 Å². The smallest absolute Gasteiger partial charge is 0.263 e. The summed E-state index contributed by atoms with van der Waals surface area (Å²) in [6.07, 6.45) is 8.96. The van der Waals surface area contributed by atoms with Crippen LogP contribution in [0.2, 0.25) is 0 Å². The lowest BCUT2D eigenvalue weighted by atomic mass is 9.88. The molecule has 0 amide bonds. The van der Waals surface area contributed by atoms with E-state index in [9.17, 15) is 4.79 Å². The van der Waals surface area contributed by atoms with Gasteiger partial charge in [0.2, 0.25) is 0 Å². The fourth-order valence-corrected chi connectivity index (χ4v) is 6.57. The number of hydrogen-bond donors (Lipinski definition) is 0. The summed E-state index contributed by atoms with van der Waals surface area (Å²) in [7, 11) is 0. The molecule has 1 aromatic heterocycles. The first-order valence-corrected chi connectivity index (χ1v) is 14.2. The van der Waals surface area contributed by atoms with Gasteiger partial charge >= 0.3 is 0 Å². The molecular formula is C39H27NO. The summed E-state index contributed by atoms with van der Waals surface area (Å²) in [6.45, 7) is 0. The van der Waals surface area contributed by atoms with Crippen LogP contribution < -0.4 is 5.56 Å². The number of para-hydroxylation sites is 1. The van der Waals surface area contributed by atoms with Crippen molar-refractivity contribution in [2.24, 2.45) is 0 Å². The minimum absolute atomic E-state index is 0.00172. The number of benzene rings is 6. The zero-order valence-electron chi connectivity index (χ0n) is 22.5. The first-order chi connectivity index (χ1) is 20.3. The van der Waals surface area contributed by atoms with Crippen LogP contribution in [0.25, 0.3) is 65.6 Å². The maximum absolute atomic E-state index is 14.6. The topological polar surface area (TPSA) is 22.0 Å². The van der Waals surface area contributed by atoms with E-state index >= 15 is 0 Å². The number of pyridine rings is 1. The number of allylic oxidation sites excluding steroid dienone is 4. The molecule has 0 bridgehead atoms. The summed E-state index contributed by atoms with van der Waals surface area (Å²) in [5.74, 6) is 0. The second-order valence-corrected chi connectivity index (χ2v) is 10.7. The molecule has 6 aromatic carbocycles. The Morgan fingerprint density at radius 2 is 1.15 bits per heavy atom. The van der Waals surface area contributed by atoms with Crippen molar-refractivity contribution < 1.29 is 0 Å². The summed E-state index contributed by atoms with van der Waals surface area (Å²) < 4.78 is 1.96. The summed E-state index contributed by atoms with van der Waals surface area (Å²) in [6, 6.07) is 42.0. The first-order valence-electron chi connectivity index (χ1n) is 14.2. The third-order valence-corrected chi connectivity index (χ3v) is 8.41. The Hall–Kier alpha value is -5.21. The van der Waals surface area contributed by atoms with Crippen LogP contribution >= 0.6 is 0 Å². The van der Waals surface area contributed by atoms with Gasteiger partial charge in [0.1, 0.15) is 0 Å². The summed E-state index contributed by atoms with van der Waals surface area (Å²) in [5.41, 5.74) is 6.58. The van der Waals surface area contributed by atoms with Crippen LogP contribution in [0.4, 0.5) is 0 Å². The Labute approximate surface area is 238 Å². The van der Waals surface area contributed by atoms with Crippen LogP contribution in [0.15, 0.2) is 144 Å². The Balaban J connectivity index is 1.53. The third kappa shape index (κ3) is 3.68. The van der Waals surface area contributed by atoms with Gasteiger partial charge in [0, 0.05) is 21.5 Å². The highest BCUT2D eigenvalue weighted by Gasteiger charge is 2.21. The molecular weight excluding hydrogens is 498 g/mol. The normalized spacial score (nSPS) is 13.3. The Morgan fingerprint density at radius 1 is 0.512 bits per heavy atom. The molecule has 2 heteroatoms. The minimum atomic E-state index is -0.00172. The molecule has 2 nitrogen and oxygen atoms in total. The number of fused-ring (bicyclic) bond motifs is 5. The largest absolute Gasteiger partial charge is 0.275 e. The van der Waals surface area contributed by atoms with E-state index in [4.69, 9.17) is 0 Å². The van der Waals surface area contributed by atoms with Crippen LogP contribution in [-0.2, 0) is 0 Å². The van der Waals surface area contributed by atoms with E-state index in [0.717, 1.165) is 72.9 Å². The number of aromatic nitrogens is 1. The van der Waals surface area contributed by atoms with E-state index in [1.54, 1.807) is 0 Å². The number of rotatable bonds is 3. The molecule has 0 radical (unpaired) electrons. The van der Waals surface area contributed by atoms with Gasteiger partial charge in [-0.1, -0.05) is 121 Å². The van der Waals surface area contributed by atoms with Crippen LogP contribution in [0, 0.1) is 0 Å². The molecule has 0 fully saturated rings. The predicted molar refractivity (Wildman–Crippen MR) is 174 cm³/mol. The van der Waals surface area contributed by atoms with Gasteiger partial charge in [0.05, 0.1) is 11.2 Å². The fraction of sp³-hybridized carbons (Fsp3) is 0.0513. The first kappa shape index (κ1) is 23.7. The standard InChI is InChI=1S/C39H27NO/c41-39-34-24-23-28(26-13-3-1-4-14-26)25-35(34)29-17-11-12-22-36(29)40(39)38-32-20-9-7-18-30(32)37(27-15-5-2-6-16-27)31-19-8-10-21-33(31)38/h1,3-5,7-25H,2,6H2. The van der Waals surface area contributed by atoms with Crippen molar-refractivity contribution in [3.05, 3.63) is 155 Å². The number of hydrogen-bond acceptors (Lipinski definition) is 1. The minimum Gasteiger partial charge on any atom is -0.275 e. The quantitative estimate of drug-likeness (QED) is 0.166.